The third kappa shape index (κ3) is 5.49. The van der Waals surface area contributed by atoms with Crippen LogP contribution in [0.5, 0.6) is 0 Å². The summed E-state index contributed by atoms with van der Waals surface area (Å²) >= 11 is 3.40. The second-order valence-electron chi connectivity index (χ2n) is 4.37. The topological polar surface area (TPSA) is 17.1 Å². The summed E-state index contributed by atoms with van der Waals surface area (Å²) in [5.74, 6) is 0.280. The quantitative estimate of drug-likeness (QED) is 0.383. The molecule has 0 aliphatic rings. The summed E-state index contributed by atoms with van der Waals surface area (Å²) in [6, 6.07) is 8.10. The van der Waals surface area contributed by atoms with Gasteiger partial charge in [0.1, 0.15) is 0 Å². The monoisotopic (exact) mass is 296 g/mol. The molecular weight excluding hydrogens is 276 g/mol. The van der Waals surface area contributed by atoms with E-state index in [1.165, 1.54) is 5.56 Å². The van der Waals surface area contributed by atoms with Crippen molar-refractivity contribution >= 4 is 21.7 Å². The van der Waals surface area contributed by atoms with E-state index in [1.54, 1.807) is 0 Å². The Balaban J connectivity index is 2.40. The van der Waals surface area contributed by atoms with Gasteiger partial charge >= 0.3 is 0 Å². The molecule has 0 amide bonds. The van der Waals surface area contributed by atoms with Crippen molar-refractivity contribution in [3.05, 3.63) is 35.4 Å². The van der Waals surface area contributed by atoms with Crippen LogP contribution in [-0.2, 0) is 6.42 Å². The van der Waals surface area contributed by atoms with Crippen LogP contribution < -0.4 is 0 Å². The van der Waals surface area contributed by atoms with E-state index in [-0.39, 0.29) is 5.78 Å². The molecule has 0 saturated heterocycles. The second kappa shape index (κ2) is 8.46. The van der Waals surface area contributed by atoms with Crippen molar-refractivity contribution in [2.45, 2.75) is 45.4 Å². The van der Waals surface area contributed by atoms with E-state index in [0.29, 0.717) is 6.42 Å². The van der Waals surface area contributed by atoms with Crippen molar-refractivity contribution in [2.24, 2.45) is 0 Å². The van der Waals surface area contributed by atoms with E-state index < -0.39 is 0 Å². The van der Waals surface area contributed by atoms with Crippen molar-refractivity contribution in [3.63, 3.8) is 0 Å². The Hall–Kier alpha value is -0.630. The van der Waals surface area contributed by atoms with Gasteiger partial charge in [0, 0.05) is 17.3 Å². The maximum Gasteiger partial charge on any atom is 0.162 e. The number of aryl methyl sites for hydroxylation is 1. The van der Waals surface area contributed by atoms with E-state index in [2.05, 4.69) is 35.0 Å². The van der Waals surface area contributed by atoms with Gasteiger partial charge in [-0.1, -0.05) is 60.0 Å². The van der Waals surface area contributed by atoms with Crippen LogP contribution >= 0.6 is 15.9 Å². The average molecular weight is 297 g/mol. The number of unbranched alkanes of at least 4 members (excludes halogenated alkanes) is 2. The van der Waals surface area contributed by atoms with Crippen LogP contribution in [-0.4, -0.2) is 11.1 Å². The Morgan fingerprint density at radius 2 is 1.82 bits per heavy atom. The lowest BCUT2D eigenvalue weighted by molar-refractivity contribution is 0.0979. The van der Waals surface area contributed by atoms with Gasteiger partial charge in [-0.05, 0) is 24.8 Å². The van der Waals surface area contributed by atoms with Crippen molar-refractivity contribution in [2.75, 3.05) is 5.33 Å². The maximum absolute atomic E-state index is 11.9. The van der Waals surface area contributed by atoms with Gasteiger partial charge in [-0.25, -0.2) is 0 Å². The molecule has 0 spiro atoms. The fourth-order valence-corrected chi connectivity index (χ4v) is 2.24. The molecular formula is C15H21BrO. The fourth-order valence-electron chi connectivity index (χ4n) is 1.85. The number of carbonyl (C=O) groups is 1. The molecule has 0 heterocycles. The number of hydrogen-bond acceptors (Lipinski definition) is 1. The standard InChI is InChI=1S/C15H21BrO/c1-2-6-13-8-10-14(11-9-13)15(17)7-4-3-5-12-16/h8-11H,2-7,12H2,1H3. The van der Waals surface area contributed by atoms with Crippen LogP contribution in [0.2, 0.25) is 0 Å². The molecule has 1 rings (SSSR count). The molecule has 0 fully saturated rings. The number of halogens is 1. The van der Waals surface area contributed by atoms with Crippen molar-refractivity contribution in [1.29, 1.82) is 0 Å². The average Bonchev–Trinajstić information content (AvgIpc) is 2.36. The van der Waals surface area contributed by atoms with Crippen LogP contribution in [0, 0.1) is 0 Å². The zero-order valence-electron chi connectivity index (χ0n) is 10.5. The lowest BCUT2D eigenvalue weighted by Gasteiger charge is -2.03. The Morgan fingerprint density at radius 1 is 1.12 bits per heavy atom. The summed E-state index contributed by atoms with van der Waals surface area (Å²) in [5, 5.41) is 1.03. The molecule has 1 nitrogen and oxygen atoms in total. The first-order valence-electron chi connectivity index (χ1n) is 6.46. The molecule has 0 aliphatic carbocycles. The number of alkyl halides is 1. The minimum Gasteiger partial charge on any atom is -0.294 e. The van der Waals surface area contributed by atoms with Crippen LogP contribution in [0.15, 0.2) is 24.3 Å². The number of ketones is 1. The van der Waals surface area contributed by atoms with Crippen LogP contribution in [0.1, 0.15) is 54.9 Å². The molecule has 1 aromatic carbocycles. The third-order valence-electron chi connectivity index (χ3n) is 2.85. The third-order valence-corrected chi connectivity index (χ3v) is 3.41. The molecule has 0 N–H and O–H groups in total. The summed E-state index contributed by atoms with van der Waals surface area (Å²) < 4.78 is 0. The van der Waals surface area contributed by atoms with Gasteiger partial charge < -0.3 is 0 Å². The Kier molecular flexibility index (Phi) is 7.18. The summed E-state index contributed by atoms with van der Waals surface area (Å²) in [6.07, 6.45) is 6.22. The fraction of sp³-hybridized carbons (Fsp3) is 0.533. The maximum atomic E-state index is 11.9. The van der Waals surface area contributed by atoms with Gasteiger partial charge in [0.2, 0.25) is 0 Å². The minimum atomic E-state index is 0.280. The number of Topliss-reactive ketones (excluding diaryl/α,β-unsaturated/α-hetero) is 1. The van der Waals surface area contributed by atoms with E-state index in [9.17, 15) is 4.79 Å². The minimum absolute atomic E-state index is 0.280. The predicted molar refractivity (Wildman–Crippen MR) is 77.0 cm³/mol. The normalized spacial score (nSPS) is 10.5. The molecule has 0 aliphatic heterocycles. The Morgan fingerprint density at radius 3 is 2.41 bits per heavy atom. The number of carbonyl (C=O) groups excluding carboxylic acids is 1. The first kappa shape index (κ1) is 14.4. The first-order chi connectivity index (χ1) is 8.27. The highest BCUT2D eigenvalue weighted by Crippen LogP contribution is 2.11. The number of rotatable bonds is 8. The van der Waals surface area contributed by atoms with Crippen molar-refractivity contribution < 1.29 is 4.79 Å². The number of benzene rings is 1. The molecule has 0 unspecified atom stereocenters. The zero-order chi connectivity index (χ0) is 12.5. The van der Waals surface area contributed by atoms with E-state index in [4.69, 9.17) is 0 Å². The molecule has 0 saturated carbocycles. The molecule has 17 heavy (non-hydrogen) atoms. The molecule has 94 valence electrons. The zero-order valence-corrected chi connectivity index (χ0v) is 12.1. The summed E-state index contributed by atoms with van der Waals surface area (Å²) in [5.41, 5.74) is 2.19. The Labute approximate surface area is 113 Å². The van der Waals surface area contributed by atoms with Crippen molar-refractivity contribution in [1.82, 2.24) is 0 Å². The summed E-state index contributed by atoms with van der Waals surface area (Å²) in [4.78, 5) is 11.9. The van der Waals surface area contributed by atoms with Crippen LogP contribution in [0.4, 0.5) is 0 Å². The molecule has 0 bridgehead atoms. The molecule has 2 heteroatoms. The van der Waals surface area contributed by atoms with Crippen LogP contribution in [0.25, 0.3) is 0 Å². The molecule has 1 aromatic rings. The predicted octanol–water partition coefficient (Wildman–Crippen LogP) is 4.78. The summed E-state index contributed by atoms with van der Waals surface area (Å²) in [7, 11) is 0. The van der Waals surface area contributed by atoms with Crippen molar-refractivity contribution in [3.8, 4) is 0 Å². The van der Waals surface area contributed by atoms with Gasteiger partial charge in [-0.2, -0.15) is 0 Å². The van der Waals surface area contributed by atoms with Crippen LogP contribution in [0.3, 0.4) is 0 Å². The van der Waals surface area contributed by atoms with Gasteiger partial charge in [0.25, 0.3) is 0 Å². The van der Waals surface area contributed by atoms with Gasteiger partial charge in [0.15, 0.2) is 5.78 Å². The summed E-state index contributed by atoms with van der Waals surface area (Å²) in [6.45, 7) is 2.17. The highest BCUT2D eigenvalue weighted by Gasteiger charge is 2.05. The lowest BCUT2D eigenvalue weighted by Crippen LogP contribution is -1.99. The smallest absolute Gasteiger partial charge is 0.162 e. The van der Waals surface area contributed by atoms with E-state index in [1.807, 2.05) is 12.1 Å². The number of hydrogen-bond donors (Lipinski definition) is 0. The van der Waals surface area contributed by atoms with Gasteiger partial charge in [-0.3, -0.25) is 4.79 Å². The van der Waals surface area contributed by atoms with Gasteiger partial charge in [-0.15, -0.1) is 0 Å². The lowest BCUT2D eigenvalue weighted by atomic mass is 10.0. The Bertz CT molecular complexity index is 329. The van der Waals surface area contributed by atoms with E-state index >= 15 is 0 Å². The SMILES string of the molecule is CCCc1ccc(C(=O)CCCCCBr)cc1. The first-order valence-corrected chi connectivity index (χ1v) is 7.58. The molecule has 0 aromatic heterocycles. The highest BCUT2D eigenvalue weighted by atomic mass is 79.9. The van der Waals surface area contributed by atoms with Gasteiger partial charge in [0.05, 0.1) is 0 Å². The largest absolute Gasteiger partial charge is 0.294 e. The highest BCUT2D eigenvalue weighted by molar-refractivity contribution is 9.09. The molecule has 0 atom stereocenters. The molecule has 0 radical (unpaired) electrons. The van der Waals surface area contributed by atoms with E-state index in [0.717, 1.165) is 43.0 Å². The second-order valence-corrected chi connectivity index (χ2v) is 5.16.